The predicted octanol–water partition coefficient (Wildman–Crippen LogP) is 14.0. The molecular formula is C58H36N4O. The Labute approximate surface area is 365 Å². The van der Waals surface area contributed by atoms with Gasteiger partial charge in [-0.2, -0.15) is 10.5 Å². The Morgan fingerprint density at radius 3 is 1.40 bits per heavy atom. The van der Waals surface area contributed by atoms with Crippen LogP contribution in [0.15, 0.2) is 206 Å². The number of nitrogens with zero attached hydrogens (tertiary/aromatic N) is 4. The monoisotopic (exact) mass is 804 g/mol. The number of benzene rings is 9. The van der Waals surface area contributed by atoms with Crippen molar-refractivity contribution in [3.63, 3.8) is 0 Å². The van der Waals surface area contributed by atoms with Crippen molar-refractivity contribution in [1.82, 2.24) is 4.57 Å². The van der Waals surface area contributed by atoms with E-state index in [0.29, 0.717) is 23.2 Å². The van der Waals surface area contributed by atoms with Gasteiger partial charge in [-0.05, 0) is 105 Å². The van der Waals surface area contributed by atoms with Crippen LogP contribution in [0.5, 0.6) is 0 Å². The Bertz CT molecular complexity index is 3350. The molecule has 0 atom stereocenters. The van der Waals surface area contributed by atoms with Gasteiger partial charge in [-0.1, -0.05) is 152 Å². The summed E-state index contributed by atoms with van der Waals surface area (Å²) in [4.78, 5) is 17.5. The molecule has 0 radical (unpaired) electrons. The van der Waals surface area contributed by atoms with Crippen LogP contribution in [0.4, 0.5) is 5.69 Å². The number of hydrogen-bond donors (Lipinski definition) is 0. The summed E-state index contributed by atoms with van der Waals surface area (Å²) in [5, 5.41) is 22.1. The van der Waals surface area contributed by atoms with Crippen molar-refractivity contribution in [2.24, 2.45) is 0 Å². The van der Waals surface area contributed by atoms with E-state index in [1.54, 1.807) is 0 Å². The van der Waals surface area contributed by atoms with Gasteiger partial charge in [0.2, 0.25) is 0 Å². The Morgan fingerprint density at radius 2 is 0.889 bits per heavy atom. The molecule has 1 aliphatic rings. The number of carbonyl (C=O) groups excluding carboxylic acids is 1. The van der Waals surface area contributed by atoms with E-state index in [1.807, 2.05) is 108 Å². The second-order valence-corrected chi connectivity index (χ2v) is 15.8. The van der Waals surface area contributed by atoms with E-state index in [4.69, 9.17) is 0 Å². The minimum Gasteiger partial charge on any atom is -0.308 e. The molecule has 0 saturated carbocycles. The second-order valence-electron chi connectivity index (χ2n) is 15.8. The molecule has 10 aromatic rings. The van der Waals surface area contributed by atoms with E-state index in [2.05, 4.69) is 120 Å². The molecule has 0 saturated heterocycles. The molecule has 0 fully saturated rings. The Kier molecular flexibility index (Phi) is 9.08. The van der Waals surface area contributed by atoms with Crippen molar-refractivity contribution in [2.75, 3.05) is 4.90 Å². The summed E-state index contributed by atoms with van der Waals surface area (Å²) in [5.41, 5.74) is 16.0. The summed E-state index contributed by atoms with van der Waals surface area (Å²) >= 11 is 0. The zero-order chi connectivity index (χ0) is 42.4. The molecule has 0 bridgehead atoms. The lowest BCUT2D eigenvalue weighted by atomic mass is 9.90. The summed E-state index contributed by atoms with van der Waals surface area (Å²) in [5.74, 6) is -0.0726. The average molecular weight is 805 g/mol. The minimum absolute atomic E-state index is 0.0726. The maximum Gasteiger partial charge on any atom is 0.261 e. The maximum absolute atomic E-state index is 15.6. The fraction of sp³-hybridized carbons (Fsp3) is 0.0172. The van der Waals surface area contributed by atoms with Crippen LogP contribution in [0, 0.1) is 22.7 Å². The lowest BCUT2D eigenvalue weighted by Gasteiger charge is -2.25. The Morgan fingerprint density at radius 1 is 0.413 bits per heavy atom. The molecule has 5 nitrogen and oxygen atoms in total. The van der Waals surface area contributed by atoms with Crippen LogP contribution in [-0.4, -0.2) is 10.5 Å². The van der Waals surface area contributed by atoms with Crippen LogP contribution < -0.4 is 4.90 Å². The average Bonchev–Trinajstić information content (AvgIpc) is 3.87. The molecule has 9 aromatic carbocycles. The molecule has 0 unspecified atom stereocenters. The first-order chi connectivity index (χ1) is 31.1. The van der Waals surface area contributed by atoms with E-state index in [0.717, 1.165) is 94.4 Å². The molecule has 5 heteroatoms. The highest BCUT2D eigenvalue weighted by atomic mass is 16.2. The fourth-order valence-electron chi connectivity index (χ4n) is 9.39. The molecule has 0 spiro atoms. The summed E-state index contributed by atoms with van der Waals surface area (Å²) in [7, 11) is 0. The standard InChI is InChI=1S/C58H36N4O/c59-35-43-21-10-12-24-47(43)41-27-29-53-51(31-41)52-32-42(48-25-13-11-22-44(48)36-60)28-30-54(52)62(53)55-26-14-23-45-37-61(58(63)56(45)55)57-49(39-17-6-2-7-18-39)33-46(38-15-4-1-5-16-38)34-50(57)40-19-8-3-9-20-40/h1-34H,37H2. The van der Waals surface area contributed by atoms with Crippen molar-refractivity contribution < 1.29 is 4.79 Å². The molecular weight excluding hydrogens is 769 g/mol. The summed E-state index contributed by atoms with van der Waals surface area (Å²) in [6.07, 6.45) is 0. The molecule has 294 valence electrons. The van der Waals surface area contributed by atoms with E-state index in [-0.39, 0.29) is 5.91 Å². The van der Waals surface area contributed by atoms with Gasteiger partial charge in [0, 0.05) is 21.9 Å². The van der Waals surface area contributed by atoms with Crippen LogP contribution in [0.25, 0.3) is 83.1 Å². The van der Waals surface area contributed by atoms with Gasteiger partial charge in [-0.3, -0.25) is 4.79 Å². The van der Waals surface area contributed by atoms with Crippen LogP contribution in [0.2, 0.25) is 0 Å². The second kappa shape index (κ2) is 15.4. The highest BCUT2D eigenvalue weighted by molar-refractivity contribution is 6.18. The van der Waals surface area contributed by atoms with Gasteiger partial charge in [-0.25, -0.2) is 0 Å². The molecule has 11 rings (SSSR count). The largest absolute Gasteiger partial charge is 0.308 e. The zero-order valence-corrected chi connectivity index (χ0v) is 34.0. The Balaban J connectivity index is 1.14. The lowest BCUT2D eigenvalue weighted by molar-refractivity contribution is 0.0997. The first-order valence-corrected chi connectivity index (χ1v) is 21.0. The molecule has 1 aliphatic heterocycles. The third kappa shape index (κ3) is 6.27. The third-order valence-electron chi connectivity index (χ3n) is 12.3. The predicted molar refractivity (Wildman–Crippen MR) is 254 cm³/mol. The van der Waals surface area contributed by atoms with Crippen molar-refractivity contribution in [3.05, 3.63) is 229 Å². The van der Waals surface area contributed by atoms with Crippen molar-refractivity contribution in [2.45, 2.75) is 6.54 Å². The molecule has 0 aliphatic carbocycles. The number of aromatic nitrogens is 1. The maximum atomic E-state index is 15.6. The molecule has 2 heterocycles. The van der Waals surface area contributed by atoms with E-state index < -0.39 is 0 Å². The van der Waals surface area contributed by atoms with Crippen LogP contribution in [-0.2, 0) is 6.54 Å². The number of amides is 1. The van der Waals surface area contributed by atoms with Gasteiger partial charge >= 0.3 is 0 Å². The Hall–Kier alpha value is -8.77. The topological polar surface area (TPSA) is 72.8 Å². The first-order valence-electron chi connectivity index (χ1n) is 21.0. The highest BCUT2D eigenvalue weighted by Crippen LogP contribution is 2.47. The van der Waals surface area contributed by atoms with Gasteiger partial charge in [0.1, 0.15) is 0 Å². The van der Waals surface area contributed by atoms with E-state index >= 15 is 4.79 Å². The molecule has 0 N–H and O–H groups in total. The number of carbonyl (C=O) groups is 1. The number of nitriles is 2. The zero-order valence-electron chi connectivity index (χ0n) is 34.0. The number of hydrogen-bond acceptors (Lipinski definition) is 3. The first kappa shape index (κ1) is 37.2. The molecule has 1 aromatic heterocycles. The minimum atomic E-state index is -0.0726. The highest BCUT2D eigenvalue weighted by Gasteiger charge is 2.35. The molecule has 63 heavy (non-hydrogen) atoms. The summed E-state index contributed by atoms with van der Waals surface area (Å²) < 4.78 is 2.21. The van der Waals surface area contributed by atoms with Crippen LogP contribution in [0.3, 0.4) is 0 Å². The lowest BCUT2D eigenvalue weighted by Crippen LogP contribution is -2.25. The van der Waals surface area contributed by atoms with Gasteiger partial charge in [0.25, 0.3) is 5.91 Å². The van der Waals surface area contributed by atoms with Crippen molar-refractivity contribution in [3.8, 4) is 73.5 Å². The quantitative estimate of drug-likeness (QED) is 0.161. The SMILES string of the molecule is N#Cc1ccccc1-c1ccc2c(c1)c1cc(-c3ccccc3C#N)ccc1n2-c1cccc2c1C(=O)N(c1c(-c3ccccc3)cc(-c3ccccc3)cc1-c1ccccc1)C2. The number of anilines is 1. The van der Waals surface area contributed by atoms with Gasteiger partial charge in [0.15, 0.2) is 0 Å². The van der Waals surface area contributed by atoms with Crippen LogP contribution >= 0.6 is 0 Å². The fourth-order valence-corrected chi connectivity index (χ4v) is 9.39. The molecule has 1 amide bonds. The van der Waals surface area contributed by atoms with Crippen LogP contribution in [0.1, 0.15) is 27.0 Å². The normalized spacial score (nSPS) is 12.0. The number of fused-ring (bicyclic) bond motifs is 4. The van der Waals surface area contributed by atoms with Gasteiger partial charge in [0.05, 0.1) is 57.8 Å². The smallest absolute Gasteiger partial charge is 0.261 e. The summed E-state index contributed by atoms with van der Waals surface area (Å²) in [6, 6.07) is 74.4. The number of rotatable bonds is 7. The van der Waals surface area contributed by atoms with Crippen molar-refractivity contribution >= 4 is 33.4 Å². The van der Waals surface area contributed by atoms with E-state index in [9.17, 15) is 10.5 Å². The van der Waals surface area contributed by atoms with E-state index in [1.165, 1.54) is 0 Å². The summed E-state index contributed by atoms with van der Waals surface area (Å²) in [6.45, 7) is 0.397. The van der Waals surface area contributed by atoms with Gasteiger partial charge in [-0.15, -0.1) is 0 Å². The van der Waals surface area contributed by atoms with Gasteiger partial charge < -0.3 is 9.47 Å². The third-order valence-corrected chi connectivity index (χ3v) is 12.3. The van der Waals surface area contributed by atoms with Crippen molar-refractivity contribution in [1.29, 1.82) is 10.5 Å².